The zero-order valence-electron chi connectivity index (χ0n) is 31.9. The number of anilines is 1. The average molecular weight is 689 g/mol. The fourth-order valence-electron chi connectivity index (χ4n) is 7.04. The summed E-state index contributed by atoms with van der Waals surface area (Å²) in [6.45, 7) is 11.1. The number of carbonyl (C=O) groups is 4. The number of likely N-dealkylation sites (N-methyl/N-ethyl adjacent to an activating group) is 3. The van der Waals surface area contributed by atoms with Crippen molar-refractivity contribution in [3.8, 4) is 0 Å². The number of rotatable bonds is 19. The van der Waals surface area contributed by atoms with E-state index in [-0.39, 0.29) is 54.5 Å². The molecule has 12 heteroatoms. The molecule has 7 atom stereocenters. The molecule has 0 saturated carbocycles. The van der Waals surface area contributed by atoms with Crippen molar-refractivity contribution in [3.05, 3.63) is 29.8 Å². The highest BCUT2D eigenvalue weighted by Crippen LogP contribution is 2.30. The van der Waals surface area contributed by atoms with Gasteiger partial charge in [0.1, 0.15) is 6.04 Å². The number of ether oxygens (including phenoxy) is 2. The molecule has 0 spiro atoms. The number of carbonyl (C=O) groups excluding carboxylic acids is 4. The van der Waals surface area contributed by atoms with Crippen LogP contribution < -0.4 is 11.1 Å². The minimum absolute atomic E-state index is 0.0126. The molecular formula is C37H64N6O6. The smallest absolute Gasteiger partial charge is 0.245 e. The molecule has 1 heterocycles. The van der Waals surface area contributed by atoms with E-state index >= 15 is 0 Å². The molecule has 12 nitrogen and oxygen atoms in total. The van der Waals surface area contributed by atoms with Gasteiger partial charge in [-0.05, 0) is 62.9 Å². The Morgan fingerprint density at radius 2 is 1.69 bits per heavy atom. The lowest BCUT2D eigenvalue weighted by atomic mass is 9.89. The molecule has 6 unspecified atom stereocenters. The number of hydrogen-bond acceptors (Lipinski definition) is 8. The molecule has 49 heavy (non-hydrogen) atoms. The van der Waals surface area contributed by atoms with Gasteiger partial charge in [-0.1, -0.05) is 53.2 Å². The van der Waals surface area contributed by atoms with Gasteiger partial charge in [-0.2, -0.15) is 0 Å². The van der Waals surface area contributed by atoms with Crippen LogP contribution in [0.3, 0.4) is 0 Å². The van der Waals surface area contributed by atoms with Crippen molar-refractivity contribution in [3.63, 3.8) is 0 Å². The van der Waals surface area contributed by atoms with Gasteiger partial charge < -0.3 is 40.1 Å². The van der Waals surface area contributed by atoms with Crippen LogP contribution in [0.15, 0.2) is 24.3 Å². The van der Waals surface area contributed by atoms with Crippen LogP contribution in [0.25, 0.3) is 0 Å². The summed E-state index contributed by atoms with van der Waals surface area (Å²) in [5.74, 6) is -1.18. The monoisotopic (exact) mass is 688 g/mol. The quantitative estimate of drug-likeness (QED) is 0.212. The molecule has 0 aromatic heterocycles. The van der Waals surface area contributed by atoms with Crippen LogP contribution in [-0.4, -0.2) is 136 Å². The van der Waals surface area contributed by atoms with E-state index in [1.807, 2.05) is 56.9 Å². The van der Waals surface area contributed by atoms with E-state index < -0.39 is 30.2 Å². The molecule has 1 aromatic rings. The molecular weight excluding hydrogens is 624 g/mol. The highest BCUT2D eigenvalue weighted by atomic mass is 16.5. The normalized spacial score (nSPS) is 18.5. The van der Waals surface area contributed by atoms with E-state index in [9.17, 15) is 19.2 Å². The molecule has 0 bridgehead atoms. The van der Waals surface area contributed by atoms with Gasteiger partial charge in [0.05, 0.1) is 43.2 Å². The summed E-state index contributed by atoms with van der Waals surface area (Å²) in [7, 11) is 10.3. The standard InChI is InChI=1S/C37H64N6O6/c1-12-25(4)34(42(9)37(47)33(24(2)3)39-31(44)23-40(6)7)30(48-10)22-32(45)43-19-14-17-29(43)35(49-11)26(5)36(46)41(8)20-18-27-15-13-16-28(38)21-27/h13,15-16,21,24-26,29-30,33-35H,12,14,17-20,22-23,38H2,1-11H3,(H,39,44)/t25?,26?,29-,30?,33?,34?,35?/m0/s1. The summed E-state index contributed by atoms with van der Waals surface area (Å²) < 4.78 is 11.9. The number of nitrogens with zero attached hydrogens (tertiary/aromatic N) is 4. The van der Waals surface area contributed by atoms with Crippen molar-refractivity contribution in [2.45, 2.75) is 97.1 Å². The van der Waals surface area contributed by atoms with Gasteiger partial charge in [0.2, 0.25) is 23.6 Å². The first-order valence-electron chi connectivity index (χ1n) is 17.7. The summed E-state index contributed by atoms with van der Waals surface area (Å²) in [4.78, 5) is 61.2. The Kier molecular flexibility index (Phi) is 17.0. The largest absolute Gasteiger partial charge is 0.399 e. The van der Waals surface area contributed by atoms with Crippen molar-refractivity contribution in [2.75, 3.05) is 67.8 Å². The molecule has 4 amide bonds. The Morgan fingerprint density at radius 1 is 1.02 bits per heavy atom. The number of hydrogen-bond donors (Lipinski definition) is 2. The molecule has 1 aromatic carbocycles. The van der Waals surface area contributed by atoms with Crippen molar-refractivity contribution >= 4 is 29.3 Å². The predicted molar refractivity (Wildman–Crippen MR) is 194 cm³/mol. The van der Waals surface area contributed by atoms with Crippen molar-refractivity contribution in [2.24, 2.45) is 17.8 Å². The molecule has 0 aliphatic carbocycles. The molecule has 0 radical (unpaired) electrons. The van der Waals surface area contributed by atoms with Gasteiger partial charge in [0.25, 0.3) is 0 Å². The maximum Gasteiger partial charge on any atom is 0.245 e. The average Bonchev–Trinajstić information content (AvgIpc) is 3.54. The van der Waals surface area contributed by atoms with Gasteiger partial charge in [0, 0.05) is 47.1 Å². The van der Waals surface area contributed by atoms with Gasteiger partial charge in [0.15, 0.2) is 0 Å². The van der Waals surface area contributed by atoms with Gasteiger partial charge >= 0.3 is 0 Å². The Balaban J connectivity index is 2.21. The van der Waals surface area contributed by atoms with E-state index in [0.717, 1.165) is 24.8 Å². The van der Waals surface area contributed by atoms with E-state index in [1.54, 1.807) is 57.1 Å². The van der Waals surface area contributed by atoms with E-state index in [4.69, 9.17) is 15.2 Å². The maximum atomic E-state index is 14.1. The third-order valence-corrected chi connectivity index (χ3v) is 10.0. The number of likely N-dealkylation sites (tertiary alicyclic amines) is 1. The lowest BCUT2D eigenvalue weighted by Gasteiger charge is -2.41. The first-order valence-corrected chi connectivity index (χ1v) is 17.7. The predicted octanol–water partition coefficient (Wildman–Crippen LogP) is 2.89. The number of nitrogen functional groups attached to an aromatic ring is 1. The van der Waals surface area contributed by atoms with Gasteiger partial charge in [-0.15, -0.1) is 0 Å². The summed E-state index contributed by atoms with van der Waals surface area (Å²) in [6.07, 6.45) is 1.97. The highest BCUT2D eigenvalue weighted by Gasteiger charge is 2.43. The Morgan fingerprint density at radius 3 is 2.24 bits per heavy atom. The Hall–Kier alpha value is -3.22. The van der Waals surface area contributed by atoms with E-state index in [2.05, 4.69) is 12.2 Å². The third kappa shape index (κ3) is 11.7. The second-order valence-electron chi connectivity index (χ2n) is 14.4. The molecule has 1 saturated heterocycles. The van der Waals surface area contributed by atoms with Crippen molar-refractivity contribution in [1.82, 2.24) is 24.9 Å². The number of nitrogens with two attached hydrogens (primary N) is 1. The van der Waals surface area contributed by atoms with Crippen LogP contribution in [0.2, 0.25) is 0 Å². The van der Waals surface area contributed by atoms with Crippen LogP contribution in [-0.2, 0) is 35.1 Å². The Labute approximate surface area is 295 Å². The van der Waals surface area contributed by atoms with Gasteiger partial charge in [-0.25, -0.2) is 0 Å². The molecule has 1 aliphatic rings. The maximum absolute atomic E-state index is 14.1. The minimum atomic E-state index is -0.717. The summed E-state index contributed by atoms with van der Waals surface area (Å²) in [5, 5.41) is 2.92. The SMILES string of the molecule is CCC(C)C(C(CC(=O)N1CCC[C@H]1C(OC)C(C)C(=O)N(C)CCc1cccc(N)c1)OC)N(C)C(=O)C(NC(=O)CN(C)C)C(C)C. The van der Waals surface area contributed by atoms with Crippen LogP contribution in [0.1, 0.15) is 65.9 Å². The molecule has 278 valence electrons. The zero-order chi connectivity index (χ0) is 37.0. The second kappa shape index (κ2) is 19.8. The van der Waals surface area contributed by atoms with Crippen molar-refractivity contribution < 1.29 is 28.7 Å². The van der Waals surface area contributed by atoms with Crippen LogP contribution in [0, 0.1) is 17.8 Å². The van der Waals surface area contributed by atoms with Crippen LogP contribution in [0.4, 0.5) is 5.69 Å². The molecule has 3 N–H and O–H groups in total. The first kappa shape index (κ1) is 41.9. The van der Waals surface area contributed by atoms with Gasteiger partial charge in [-0.3, -0.25) is 19.2 Å². The second-order valence-corrected chi connectivity index (χ2v) is 14.4. The molecule has 1 fully saturated rings. The summed E-state index contributed by atoms with van der Waals surface area (Å²) >= 11 is 0. The first-order chi connectivity index (χ1) is 23.1. The number of nitrogens with one attached hydrogen (secondary N) is 1. The highest BCUT2D eigenvalue weighted by molar-refractivity contribution is 5.88. The number of methoxy groups -OCH3 is 2. The number of benzene rings is 1. The van der Waals surface area contributed by atoms with E-state index in [1.165, 1.54) is 0 Å². The fourth-order valence-corrected chi connectivity index (χ4v) is 7.04. The summed E-state index contributed by atoms with van der Waals surface area (Å²) in [6, 6.07) is 6.27. The zero-order valence-corrected chi connectivity index (χ0v) is 31.9. The number of amides is 4. The molecule has 2 rings (SSSR count). The molecule has 1 aliphatic heterocycles. The Bertz CT molecular complexity index is 1230. The lowest BCUT2D eigenvalue weighted by Crippen LogP contribution is -2.58. The third-order valence-electron chi connectivity index (χ3n) is 10.0. The lowest BCUT2D eigenvalue weighted by molar-refractivity contribution is -0.149. The summed E-state index contributed by atoms with van der Waals surface area (Å²) in [5.41, 5.74) is 7.68. The van der Waals surface area contributed by atoms with Crippen LogP contribution in [0.5, 0.6) is 0 Å². The van der Waals surface area contributed by atoms with Crippen LogP contribution >= 0.6 is 0 Å². The van der Waals surface area contributed by atoms with Crippen molar-refractivity contribution in [1.29, 1.82) is 0 Å². The minimum Gasteiger partial charge on any atom is -0.399 e. The topological polar surface area (TPSA) is 138 Å². The van der Waals surface area contributed by atoms with E-state index in [0.29, 0.717) is 25.2 Å². The fraction of sp³-hybridized carbons (Fsp3) is 0.730.